The summed E-state index contributed by atoms with van der Waals surface area (Å²) in [6.45, 7) is 1.84. The molecule has 2 heterocycles. The van der Waals surface area contributed by atoms with Gasteiger partial charge in [-0.15, -0.1) is 0 Å². The van der Waals surface area contributed by atoms with Crippen LogP contribution in [0.15, 0.2) is 18.3 Å². The molecule has 1 saturated heterocycles. The molecule has 1 aliphatic heterocycles. The van der Waals surface area contributed by atoms with Gasteiger partial charge in [0.25, 0.3) is 0 Å². The van der Waals surface area contributed by atoms with Gasteiger partial charge in [-0.05, 0) is 57.5 Å². The lowest BCUT2D eigenvalue weighted by Crippen LogP contribution is -2.18. The lowest BCUT2D eigenvalue weighted by Gasteiger charge is -2.19. The number of hydrogen-bond acceptors (Lipinski definition) is 4. The van der Waals surface area contributed by atoms with Crippen molar-refractivity contribution in [1.29, 1.82) is 0 Å². The molecule has 0 spiro atoms. The summed E-state index contributed by atoms with van der Waals surface area (Å²) in [4.78, 5) is 18.5. The summed E-state index contributed by atoms with van der Waals surface area (Å²) < 4.78 is 0. The second kappa shape index (κ2) is 8.10. The van der Waals surface area contributed by atoms with Gasteiger partial charge in [-0.25, -0.2) is 4.98 Å². The predicted octanol–water partition coefficient (Wildman–Crippen LogP) is 2.31. The number of carbonyl (C=O) groups is 1. The van der Waals surface area contributed by atoms with Crippen LogP contribution in [0.1, 0.15) is 50.1 Å². The highest BCUT2D eigenvalue weighted by molar-refractivity contribution is 5.89. The summed E-state index contributed by atoms with van der Waals surface area (Å²) in [5.74, 6) is 0.675. The third kappa shape index (κ3) is 4.79. The monoisotopic (exact) mass is 290 g/mol. The number of amides is 1. The largest absolute Gasteiger partial charge is 0.330 e. The fraction of sp³-hybridized carbons (Fsp3) is 0.625. The molecule has 3 N–H and O–H groups in total. The van der Waals surface area contributed by atoms with Crippen LogP contribution in [-0.4, -0.2) is 35.9 Å². The summed E-state index contributed by atoms with van der Waals surface area (Å²) in [6.07, 6.45) is 7.71. The summed E-state index contributed by atoms with van der Waals surface area (Å²) in [5, 5.41) is 2.85. The highest BCUT2D eigenvalue weighted by atomic mass is 16.1. The number of nitrogens with zero attached hydrogens (tertiary/aromatic N) is 2. The topological polar surface area (TPSA) is 71.2 Å². The molecule has 1 aromatic heterocycles. The number of rotatable bonds is 7. The van der Waals surface area contributed by atoms with Crippen molar-refractivity contribution in [3.63, 3.8) is 0 Å². The highest BCUT2D eigenvalue weighted by Gasteiger charge is 2.22. The predicted molar refractivity (Wildman–Crippen MR) is 85.0 cm³/mol. The van der Waals surface area contributed by atoms with E-state index < -0.39 is 0 Å². The molecule has 2 rings (SSSR count). The molecule has 0 aromatic carbocycles. The highest BCUT2D eigenvalue weighted by Crippen LogP contribution is 2.30. The lowest BCUT2D eigenvalue weighted by atomic mass is 10.1. The Morgan fingerprint density at radius 2 is 2.29 bits per heavy atom. The molecule has 1 aliphatic rings. The standard InChI is InChI=1S/C16H26N4O/c1-20-11-5-6-14(20)13-8-9-15(18-12-13)19-16(21)7-3-2-4-10-17/h8-9,12,14H,2-7,10-11,17H2,1H3,(H,18,19,21). The van der Waals surface area contributed by atoms with Crippen molar-refractivity contribution in [2.75, 3.05) is 25.5 Å². The SMILES string of the molecule is CN1CCCC1c1ccc(NC(=O)CCCCCN)nc1. The molecule has 5 heteroatoms. The Morgan fingerprint density at radius 3 is 2.90 bits per heavy atom. The van der Waals surface area contributed by atoms with E-state index in [4.69, 9.17) is 5.73 Å². The first-order chi connectivity index (χ1) is 10.2. The Bertz CT molecular complexity index is 446. The Morgan fingerprint density at radius 1 is 1.43 bits per heavy atom. The Hall–Kier alpha value is -1.46. The number of unbranched alkanes of at least 4 members (excludes halogenated alkanes) is 2. The van der Waals surface area contributed by atoms with E-state index in [-0.39, 0.29) is 5.91 Å². The van der Waals surface area contributed by atoms with Crippen LogP contribution in [0, 0.1) is 0 Å². The average Bonchev–Trinajstić information content (AvgIpc) is 2.91. The first-order valence-electron chi connectivity index (χ1n) is 7.87. The minimum Gasteiger partial charge on any atom is -0.330 e. The van der Waals surface area contributed by atoms with Gasteiger partial charge in [-0.2, -0.15) is 0 Å². The van der Waals surface area contributed by atoms with Crippen LogP contribution < -0.4 is 11.1 Å². The molecule has 0 bridgehead atoms. The van der Waals surface area contributed by atoms with Crippen LogP contribution in [0.25, 0.3) is 0 Å². The number of nitrogens with two attached hydrogens (primary N) is 1. The minimum atomic E-state index is 0.0326. The Balaban J connectivity index is 1.80. The molecule has 21 heavy (non-hydrogen) atoms. The van der Waals surface area contributed by atoms with Crippen LogP contribution in [-0.2, 0) is 4.79 Å². The van der Waals surface area contributed by atoms with Gasteiger partial charge in [0, 0.05) is 18.7 Å². The molecular weight excluding hydrogens is 264 g/mol. The van der Waals surface area contributed by atoms with Crippen molar-refractivity contribution in [2.24, 2.45) is 5.73 Å². The summed E-state index contributed by atoms with van der Waals surface area (Å²) in [5.41, 5.74) is 6.66. The van der Waals surface area contributed by atoms with Gasteiger partial charge >= 0.3 is 0 Å². The van der Waals surface area contributed by atoms with Crippen molar-refractivity contribution >= 4 is 11.7 Å². The average molecular weight is 290 g/mol. The maximum Gasteiger partial charge on any atom is 0.225 e. The van der Waals surface area contributed by atoms with Crippen LogP contribution in [0.4, 0.5) is 5.82 Å². The third-order valence-electron chi connectivity index (χ3n) is 4.07. The maximum absolute atomic E-state index is 11.8. The zero-order valence-electron chi connectivity index (χ0n) is 12.8. The summed E-state index contributed by atoms with van der Waals surface area (Å²) >= 11 is 0. The quantitative estimate of drug-likeness (QED) is 0.756. The van der Waals surface area contributed by atoms with Crippen LogP contribution in [0.3, 0.4) is 0 Å². The second-order valence-corrected chi connectivity index (χ2v) is 5.76. The van der Waals surface area contributed by atoms with Gasteiger partial charge < -0.3 is 11.1 Å². The molecule has 0 radical (unpaired) electrons. The van der Waals surface area contributed by atoms with Gasteiger partial charge in [0.15, 0.2) is 0 Å². The molecule has 1 atom stereocenters. The zero-order chi connectivity index (χ0) is 15.1. The number of anilines is 1. The number of aromatic nitrogens is 1. The van der Waals surface area contributed by atoms with Crippen molar-refractivity contribution < 1.29 is 4.79 Å². The van der Waals surface area contributed by atoms with Crippen LogP contribution in [0.5, 0.6) is 0 Å². The molecular formula is C16H26N4O. The van der Waals surface area contributed by atoms with Gasteiger partial charge in [-0.1, -0.05) is 12.5 Å². The number of nitrogens with one attached hydrogen (secondary N) is 1. The van der Waals surface area contributed by atoms with Gasteiger partial charge in [0.1, 0.15) is 5.82 Å². The zero-order valence-corrected chi connectivity index (χ0v) is 12.8. The smallest absolute Gasteiger partial charge is 0.225 e. The first-order valence-corrected chi connectivity index (χ1v) is 7.87. The molecule has 0 aliphatic carbocycles. The molecule has 116 valence electrons. The van der Waals surface area contributed by atoms with Crippen LogP contribution >= 0.6 is 0 Å². The van der Waals surface area contributed by atoms with Gasteiger partial charge in [0.2, 0.25) is 5.91 Å². The second-order valence-electron chi connectivity index (χ2n) is 5.76. The first kappa shape index (κ1) is 15.9. The van der Waals surface area contributed by atoms with Gasteiger partial charge in [0.05, 0.1) is 0 Å². The number of pyridine rings is 1. The number of carbonyl (C=O) groups excluding carboxylic acids is 1. The van der Waals surface area contributed by atoms with E-state index in [0.717, 1.165) is 25.8 Å². The van der Waals surface area contributed by atoms with E-state index in [1.807, 2.05) is 12.3 Å². The molecule has 1 amide bonds. The van der Waals surface area contributed by atoms with Crippen LogP contribution in [0.2, 0.25) is 0 Å². The number of likely N-dealkylation sites (tertiary alicyclic amines) is 1. The Kier molecular flexibility index (Phi) is 6.14. The molecule has 1 unspecified atom stereocenters. The van der Waals surface area contributed by atoms with Crippen molar-refractivity contribution in [3.05, 3.63) is 23.9 Å². The van der Waals surface area contributed by atoms with E-state index in [1.54, 1.807) is 0 Å². The molecule has 1 aromatic rings. The molecule has 0 saturated carbocycles. The van der Waals surface area contributed by atoms with Crippen molar-refractivity contribution in [1.82, 2.24) is 9.88 Å². The van der Waals surface area contributed by atoms with E-state index in [1.165, 1.54) is 18.4 Å². The maximum atomic E-state index is 11.8. The summed E-state index contributed by atoms with van der Waals surface area (Å²) in [6, 6.07) is 4.45. The number of hydrogen-bond donors (Lipinski definition) is 2. The normalized spacial score (nSPS) is 18.9. The van der Waals surface area contributed by atoms with Crippen molar-refractivity contribution in [2.45, 2.75) is 44.6 Å². The van der Waals surface area contributed by atoms with E-state index in [2.05, 4.69) is 28.3 Å². The van der Waals surface area contributed by atoms with E-state index in [0.29, 0.717) is 24.8 Å². The van der Waals surface area contributed by atoms with E-state index in [9.17, 15) is 4.79 Å². The fourth-order valence-electron chi connectivity index (χ4n) is 2.82. The van der Waals surface area contributed by atoms with E-state index >= 15 is 0 Å². The fourth-order valence-corrected chi connectivity index (χ4v) is 2.82. The van der Waals surface area contributed by atoms with Crippen molar-refractivity contribution in [3.8, 4) is 0 Å². The molecule has 5 nitrogen and oxygen atoms in total. The van der Waals surface area contributed by atoms with Gasteiger partial charge in [-0.3, -0.25) is 9.69 Å². The minimum absolute atomic E-state index is 0.0326. The third-order valence-corrected chi connectivity index (χ3v) is 4.07. The lowest BCUT2D eigenvalue weighted by molar-refractivity contribution is -0.116. The summed E-state index contributed by atoms with van der Waals surface area (Å²) in [7, 11) is 2.15. The molecule has 1 fully saturated rings. The Labute approximate surface area is 126 Å².